The van der Waals surface area contributed by atoms with E-state index >= 15 is 0 Å². The molecule has 8 atom stereocenters. The number of ketones is 2. The van der Waals surface area contributed by atoms with Gasteiger partial charge >= 0.3 is 0 Å². The van der Waals surface area contributed by atoms with Gasteiger partial charge in [0.15, 0.2) is 5.78 Å². The van der Waals surface area contributed by atoms with Crippen LogP contribution in [0.4, 0.5) is 0 Å². The number of rotatable bonds is 2. The third-order valence-electron chi connectivity index (χ3n) is 12.9. The van der Waals surface area contributed by atoms with Gasteiger partial charge in [-0.25, -0.2) is 13.1 Å². The Bertz CT molecular complexity index is 1270. The average molecular weight is 543 g/mol. The standard InChI is InChI=1S/C31H46N2O4S/c1-26(2)11-13-31(33-38(8,36)37)14-12-30(7)24(20(31)17-26)21(34)15-23-28(5)16-19(18-32)25(35)27(3,4)22(28)9-10-29(23,30)6/h16,20,22-24,33H,9-15,17H2,1-8H3/t20?,22-,23+,24?,28-,29+,30+,31-/m0/s1. The summed E-state index contributed by atoms with van der Waals surface area (Å²) >= 11 is 0. The molecular formula is C31H46N2O4S. The molecule has 0 aromatic carbocycles. The van der Waals surface area contributed by atoms with E-state index in [1.165, 1.54) is 6.26 Å². The van der Waals surface area contributed by atoms with Gasteiger partial charge in [-0.15, -0.1) is 0 Å². The van der Waals surface area contributed by atoms with Crippen molar-refractivity contribution < 1.29 is 18.0 Å². The molecule has 210 valence electrons. The Morgan fingerprint density at radius 1 is 0.921 bits per heavy atom. The number of nitrogens with one attached hydrogen (secondary N) is 1. The van der Waals surface area contributed by atoms with Crippen LogP contribution < -0.4 is 4.72 Å². The Morgan fingerprint density at radius 2 is 1.55 bits per heavy atom. The molecule has 4 saturated carbocycles. The summed E-state index contributed by atoms with van der Waals surface area (Å²) in [6, 6.07) is 2.19. The Labute approximate surface area is 229 Å². The number of carbonyl (C=O) groups excluding carboxylic acids is 2. The minimum atomic E-state index is -3.44. The van der Waals surface area contributed by atoms with Crippen LogP contribution in [-0.2, 0) is 19.6 Å². The van der Waals surface area contributed by atoms with Crippen LogP contribution in [0.15, 0.2) is 11.6 Å². The molecule has 4 fully saturated rings. The molecule has 5 aliphatic carbocycles. The molecule has 38 heavy (non-hydrogen) atoms. The number of hydrogen-bond acceptors (Lipinski definition) is 5. The van der Waals surface area contributed by atoms with Crippen molar-refractivity contribution in [2.75, 3.05) is 6.26 Å². The van der Waals surface area contributed by atoms with E-state index in [0.717, 1.165) is 44.9 Å². The SMILES string of the molecule is CC1(C)CC[C@]2(NS(C)(=O)=O)CC[C@]3(C)C(C(=O)C[C@@H]4[C@@]5(C)C=C(C#N)C(=O)C(C)(C)[C@@H]5CC[C@]43C)C2C1. The fourth-order valence-electron chi connectivity index (χ4n) is 10.9. The molecule has 5 aliphatic rings. The second-order valence-electron chi connectivity index (χ2n) is 15.7. The predicted octanol–water partition coefficient (Wildman–Crippen LogP) is 5.59. The molecule has 0 aliphatic heterocycles. The largest absolute Gasteiger partial charge is 0.299 e. The lowest BCUT2D eigenvalue weighted by Crippen LogP contribution is -2.72. The Hall–Kier alpha value is -1.52. The summed E-state index contributed by atoms with van der Waals surface area (Å²) in [4.78, 5) is 27.7. The van der Waals surface area contributed by atoms with Crippen LogP contribution in [-0.4, -0.2) is 31.8 Å². The van der Waals surface area contributed by atoms with Crippen LogP contribution in [0.5, 0.6) is 0 Å². The first-order valence-electron chi connectivity index (χ1n) is 14.5. The zero-order valence-corrected chi connectivity index (χ0v) is 25.3. The number of Topliss-reactive ketones (excluding diaryl/α,β-unsaturated/α-hetero) is 2. The van der Waals surface area contributed by atoms with Crippen LogP contribution in [0.3, 0.4) is 0 Å². The second-order valence-corrected chi connectivity index (χ2v) is 17.5. The maximum Gasteiger partial charge on any atom is 0.209 e. The van der Waals surface area contributed by atoms with Crippen LogP contribution in [0.1, 0.15) is 99.8 Å². The summed E-state index contributed by atoms with van der Waals surface area (Å²) in [5.74, 6) is 0.0461. The highest BCUT2D eigenvalue weighted by atomic mass is 32.2. The highest BCUT2D eigenvalue weighted by molar-refractivity contribution is 7.88. The molecule has 1 N–H and O–H groups in total. The molecule has 0 saturated heterocycles. The number of carbonyl (C=O) groups is 2. The fourth-order valence-corrected chi connectivity index (χ4v) is 12.0. The molecule has 2 unspecified atom stereocenters. The van der Waals surface area contributed by atoms with Crippen molar-refractivity contribution >= 4 is 21.6 Å². The number of allylic oxidation sites excluding steroid dienone is 2. The summed E-state index contributed by atoms with van der Waals surface area (Å²) < 4.78 is 28.3. The van der Waals surface area contributed by atoms with Gasteiger partial charge in [-0.05, 0) is 84.4 Å². The topological polar surface area (TPSA) is 104 Å². The third kappa shape index (κ3) is 3.61. The first-order valence-corrected chi connectivity index (χ1v) is 16.4. The molecule has 0 heterocycles. The molecule has 7 heteroatoms. The van der Waals surface area contributed by atoms with E-state index in [9.17, 15) is 23.3 Å². The highest BCUT2D eigenvalue weighted by Crippen LogP contribution is 2.74. The van der Waals surface area contributed by atoms with E-state index in [0.29, 0.717) is 6.42 Å². The predicted molar refractivity (Wildman–Crippen MR) is 147 cm³/mol. The first kappa shape index (κ1) is 28.0. The highest BCUT2D eigenvalue weighted by Gasteiger charge is 2.72. The second kappa shape index (κ2) is 8.03. The van der Waals surface area contributed by atoms with E-state index in [2.05, 4.69) is 45.4 Å². The summed E-state index contributed by atoms with van der Waals surface area (Å²) in [7, 11) is -3.44. The zero-order chi connectivity index (χ0) is 28.3. The summed E-state index contributed by atoms with van der Waals surface area (Å²) in [6.45, 7) is 15.3. The maximum absolute atomic E-state index is 14.5. The quantitative estimate of drug-likeness (QED) is 0.490. The molecule has 0 amide bonds. The van der Waals surface area contributed by atoms with Gasteiger partial charge in [0.05, 0.1) is 11.8 Å². The molecule has 0 aromatic rings. The number of nitriles is 1. The maximum atomic E-state index is 14.5. The van der Waals surface area contributed by atoms with Gasteiger partial charge in [0, 0.05) is 23.3 Å². The summed E-state index contributed by atoms with van der Waals surface area (Å²) in [6.07, 6.45) is 9.52. The monoisotopic (exact) mass is 542 g/mol. The average Bonchev–Trinajstić information content (AvgIpc) is 2.78. The lowest BCUT2D eigenvalue weighted by atomic mass is 9.32. The number of fused-ring (bicyclic) bond motifs is 7. The van der Waals surface area contributed by atoms with E-state index in [-0.39, 0.29) is 57.1 Å². The van der Waals surface area contributed by atoms with Gasteiger partial charge in [0.1, 0.15) is 11.9 Å². The minimum absolute atomic E-state index is 0.0326. The van der Waals surface area contributed by atoms with Crippen molar-refractivity contribution in [3.63, 3.8) is 0 Å². The van der Waals surface area contributed by atoms with Crippen molar-refractivity contribution in [2.45, 2.75) is 105 Å². The molecule has 0 bridgehead atoms. The van der Waals surface area contributed by atoms with Crippen molar-refractivity contribution in [1.82, 2.24) is 4.72 Å². The summed E-state index contributed by atoms with van der Waals surface area (Å²) in [5, 5.41) is 9.89. The first-order chi connectivity index (χ1) is 17.3. The van der Waals surface area contributed by atoms with Crippen LogP contribution >= 0.6 is 0 Å². The minimum Gasteiger partial charge on any atom is -0.299 e. The van der Waals surface area contributed by atoms with Crippen LogP contribution in [0, 0.1) is 62.1 Å². The Kier molecular flexibility index (Phi) is 5.92. The molecule has 6 nitrogen and oxygen atoms in total. The van der Waals surface area contributed by atoms with Crippen molar-refractivity contribution in [3.05, 3.63) is 11.6 Å². The van der Waals surface area contributed by atoms with Gasteiger partial charge in [-0.3, -0.25) is 9.59 Å². The van der Waals surface area contributed by atoms with Crippen LogP contribution in [0.2, 0.25) is 0 Å². The molecule has 0 aromatic heterocycles. The van der Waals surface area contributed by atoms with Gasteiger partial charge < -0.3 is 0 Å². The number of hydrogen-bond donors (Lipinski definition) is 1. The molecule has 5 rings (SSSR count). The van der Waals surface area contributed by atoms with Gasteiger partial charge in [-0.1, -0.05) is 54.5 Å². The fraction of sp³-hybridized carbons (Fsp3) is 0.839. The Morgan fingerprint density at radius 3 is 2.16 bits per heavy atom. The third-order valence-corrected chi connectivity index (χ3v) is 13.6. The van der Waals surface area contributed by atoms with Crippen molar-refractivity contribution in [1.29, 1.82) is 5.26 Å². The smallest absolute Gasteiger partial charge is 0.209 e. The molecule has 0 radical (unpaired) electrons. The van der Waals surface area contributed by atoms with Gasteiger partial charge in [0.25, 0.3) is 0 Å². The Balaban J connectivity index is 1.64. The number of sulfonamides is 1. The zero-order valence-electron chi connectivity index (χ0n) is 24.5. The van der Waals surface area contributed by atoms with E-state index in [1.807, 2.05) is 19.9 Å². The molecule has 0 spiro atoms. The molecular weight excluding hydrogens is 496 g/mol. The van der Waals surface area contributed by atoms with Crippen LogP contribution in [0.25, 0.3) is 0 Å². The lowest BCUT2D eigenvalue weighted by Gasteiger charge is -2.72. The lowest BCUT2D eigenvalue weighted by molar-refractivity contribution is -0.214. The normalized spacial score (nSPS) is 47.5. The van der Waals surface area contributed by atoms with E-state index < -0.39 is 26.4 Å². The van der Waals surface area contributed by atoms with Crippen molar-refractivity contribution in [3.8, 4) is 6.07 Å². The summed E-state index contributed by atoms with van der Waals surface area (Å²) in [5.41, 5.74) is -1.80. The van der Waals surface area contributed by atoms with Gasteiger partial charge in [-0.2, -0.15) is 5.26 Å². The van der Waals surface area contributed by atoms with E-state index in [1.54, 1.807) is 0 Å². The van der Waals surface area contributed by atoms with Gasteiger partial charge in [0.2, 0.25) is 10.0 Å². The number of nitrogens with zero attached hydrogens (tertiary/aromatic N) is 1. The van der Waals surface area contributed by atoms with Crippen molar-refractivity contribution in [2.24, 2.45) is 50.7 Å². The van der Waals surface area contributed by atoms with E-state index in [4.69, 9.17) is 0 Å².